The number of carbonyl (C=O) groups excluding carboxylic acids is 1. The van der Waals surface area contributed by atoms with E-state index < -0.39 is 12.6 Å². The molecule has 0 spiro atoms. The molecule has 0 aromatic heterocycles. The van der Waals surface area contributed by atoms with Crippen molar-refractivity contribution in [3.8, 4) is 5.75 Å². The Bertz CT molecular complexity index is 560. The first kappa shape index (κ1) is 14.1. The first-order valence-corrected chi connectivity index (χ1v) is 6.22. The van der Waals surface area contributed by atoms with Crippen molar-refractivity contribution < 1.29 is 19.4 Å². The van der Waals surface area contributed by atoms with Crippen molar-refractivity contribution in [1.82, 2.24) is 5.32 Å². The van der Waals surface area contributed by atoms with Gasteiger partial charge in [-0.25, -0.2) is 4.79 Å². The molecule has 3 N–H and O–H groups in total. The Morgan fingerprint density at radius 3 is 2.65 bits per heavy atom. The van der Waals surface area contributed by atoms with Crippen molar-refractivity contribution in [1.29, 1.82) is 0 Å². The number of carbonyl (C=O) groups is 2. The van der Waals surface area contributed by atoms with E-state index in [9.17, 15) is 9.59 Å². The van der Waals surface area contributed by atoms with Gasteiger partial charge in [-0.3, -0.25) is 4.79 Å². The molecule has 0 bridgehead atoms. The zero-order valence-corrected chi connectivity index (χ0v) is 11.1. The molecule has 1 aromatic rings. The number of rotatable bonds is 5. The second-order valence-corrected chi connectivity index (χ2v) is 4.46. The number of carboxylic acid groups (broad SMARTS) is 1. The molecule has 2 rings (SSSR count). The predicted octanol–water partition coefficient (Wildman–Crippen LogP) is 1.01. The largest absolute Gasteiger partial charge is 0.480 e. The molecule has 1 heterocycles. The van der Waals surface area contributed by atoms with Gasteiger partial charge in [0.2, 0.25) is 0 Å². The number of hydrogen-bond donors (Lipinski definition) is 3. The van der Waals surface area contributed by atoms with E-state index in [0.29, 0.717) is 17.0 Å². The Balaban J connectivity index is 2.08. The molecule has 0 saturated carbocycles. The van der Waals surface area contributed by atoms with Gasteiger partial charge in [-0.2, -0.15) is 0 Å². The van der Waals surface area contributed by atoms with Crippen LogP contribution in [0.1, 0.15) is 6.92 Å². The van der Waals surface area contributed by atoms with E-state index >= 15 is 0 Å². The van der Waals surface area contributed by atoms with Crippen LogP contribution in [0.15, 0.2) is 35.4 Å². The zero-order valence-electron chi connectivity index (χ0n) is 11.1. The molecular weight excluding hydrogens is 260 g/mol. The number of aliphatic carboxylic acids is 1. The second-order valence-electron chi connectivity index (χ2n) is 4.46. The van der Waals surface area contributed by atoms with Crippen molar-refractivity contribution in [2.24, 2.45) is 0 Å². The second kappa shape index (κ2) is 6.21. The minimum atomic E-state index is -1.06. The molecule has 6 heteroatoms. The fourth-order valence-electron chi connectivity index (χ4n) is 1.73. The highest BCUT2D eigenvalue weighted by molar-refractivity contribution is 6.04. The standard InChI is InChI=1S/C14H16N2O4/c1-9(10-6-15-7-10)14(19)16-11-4-2-3-5-12(11)20-8-13(17)18/h2-5,15H,6-8H2,1H3,(H,16,19)(H,17,18). The topological polar surface area (TPSA) is 87.7 Å². The molecule has 20 heavy (non-hydrogen) atoms. The van der Waals surface area contributed by atoms with Gasteiger partial charge in [0, 0.05) is 18.7 Å². The van der Waals surface area contributed by atoms with E-state index in [1.54, 1.807) is 31.2 Å². The molecule has 1 aliphatic heterocycles. The van der Waals surface area contributed by atoms with E-state index in [0.717, 1.165) is 18.7 Å². The predicted molar refractivity (Wildman–Crippen MR) is 73.8 cm³/mol. The summed E-state index contributed by atoms with van der Waals surface area (Å²) in [6.07, 6.45) is 0. The molecule has 1 fully saturated rings. The highest BCUT2D eigenvalue weighted by Crippen LogP contribution is 2.24. The molecular formula is C14H16N2O4. The van der Waals surface area contributed by atoms with Gasteiger partial charge in [-0.15, -0.1) is 0 Å². The van der Waals surface area contributed by atoms with Crippen LogP contribution in [0.5, 0.6) is 5.75 Å². The Morgan fingerprint density at radius 1 is 1.35 bits per heavy atom. The molecule has 1 aliphatic rings. The van der Waals surface area contributed by atoms with E-state index in [-0.39, 0.29) is 5.91 Å². The molecule has 106 valence electrons. The van der Waals surface area contributed by atoms with Gasteiger partial charge in [0.1, 0.15) is 5.75 Å². The number of anilines is 1. The number of carboxylic acids is 1. The van der Waals surface area contributed by atoms with Crippen LogP contribution in [0.2, 0.25) is 0 Å². The highest BCUT2D eigenvalue weighted by Gasteiger charge is 2.17. The van der Waals surface area contributed by atoms with Crippen molar-refractivity contribution in [2.45, 2.75) is 6.92 Å². The summed E-state index contributed by atoms with van der Waals surface area (Å²) in [4.78, 5) is 22.6. The molecule has 1 saturated heterocycles. The summed E-state index contributed by atoms with van der Waals surface area (Å²) < 4.78 is 5.14. The van der Waals surface area contributed by atoms with E-state index in [1.807, 2.05) is 0 Å². The van der Waals surface area contributed by atoms with Crippen LogP contribution in [-0.2, 0) is 9.59 Å². The Labute approximate surface area is 116 Å². The average molecular weight is 276 g/mol. The zero-order chi connectivity index (χ0) is 14.5. The molecule has 6 nitrogen and oxygen atoms in total. The van der Waals surface area contributed by atoms with Crippen molar-refractivity contribution in [3.05, 3.63) is 35.4 Å². The summed E-state index contributed by atoms with van der Waals surface area (Å²) in [6.45, 7) is 2.79. The summed E-state index contributed by atoms with van der Waals surface area (Å²) in [7, 11) is 0. The van der Waals surface area contributed by atoms with E-state index in [2.05, 4.69) is 10.6 Å². The average Bonchev–Trinajstić information content (AvgIpc) is 2.35. The van der Waals surface area contributed by atoms with Crippen LogP contribution in [0.25, 0.3) is 0 Å². The Kier molecular flexibility index (Phi) is 4.37. The minimum Gasteiger partial charge on any atom is -0.480 e. The lowest BCUT2D eigenvalue weighted by molar-refractivity contribution is -0.139. The van der Waals surface area contributed by atoms with Crippen LogP contribution in [0.3, 0.4) is 0 Å². The van der Waals surface area contributed by atoms with Crippen molar-refractivity contribution >= 4 is 17.6 Å². The van der Waals surface area contributed by atoms with Gasteiger partial charge in [0.15, 0.2) is 6.61 Å². The summed E-state index contributed by atoms with van der Waals surface area (Å²) in [5.41, 5.74) is 2.22. The number of amides is 1. The molecule has 0 radical (unpaired) electrons. The summed E-state index contributed by atoms with van der Waals surface area (Å²) >= 11 is 0. The Morgan fingerprint density at radius 2 is 2.05 bits per heavy atom. The van der Waals surface area contributed by atoms with Crippen LogP contribution in [0.4, 0.5) is 5.69 Å². The number of benzene rings is 1. The van der Waals surface area contributed by atoms with Gasteiger partial charge in [-0.1, -0.05) is 12.1 Å². The smallest absolute Gasteiger partial charge is 0.341 e. The summed E-state index contributed by atoms with van der Waals surface area (Å²) in [5, 5.41) is 14.4. The third-order valence-electron chi connectivity index (χ3n) is 3.03. The summed E-state index contributed by atoms with van der Waals surface area (Å²) in [6, 6.07) is 6.75. The first-order valence-electron chi connectivity index (χ1n) is 6.22. The van der Waals surface area contributed by atoms with Gasteiger partial charge in [-0.05, 0) is 24.6 Å². The maximum atomic E-state index is 12.1. The van der Waals surface area contributed by atoms with E-state index in [4.69, 9.17) is 9.84 Å². The Hall–Kier alpha value is -2.34. The van der Waals surface area contributed by atoms with Gasteiger partial charge in [0.25, 0.3) is 5.91 Å². The highest BCUT2D eigenvalue weighted by atomic mass is 16.5. The third-order valence-corrected chi connectivity index (χ3v) is 3.03. The molecule has 1 amide bonds. The first-order chi connectivity index (χ1) is 9.58. The quantitative estimate of drug-likeness (QED) is 0.699. The SMILES string of the molecule is CC(C(=O)Nc1ccccc1OCC(=O)O)=C1CNC1. The number of nitrogens with one attached hydrogen (secondary N) is 2. The number of hydrogen-bond acceptors (Lipinski definition) is 4. The van der Waals surface area contributed by atoms with Crippen LogP contribution >= 0.6 is 0 Å². The van der Waals surface area contributed by atoms with Crippen LogP contribution < -0.4 is 15.4 Å². The van der Waals surface area contributed by atoms with Crippen LogP contribution in [0, 0.1) is 0 Å². The fourth-order valence-corrected chi connectivity index (χ4v) is 1.73. The van der Waals surface area contributed by atoms with Crippen LogP contribution in [-0.4, -0.2) is 36.7 Å². The van der Waals surface area contributed by atoms with Crippen molar-refractivity contribution in [2.75, 3.05) is 25.0 Å². The fraction of sp³-hybridized carbons (Fsp3) is 0.286. The van der Waals surface area contributed by atoms with E-state index in [1.165, 1.54) is 0 Å². The molecule has 0 unspecified atom stereocenters. The maximum Gasteiger partial charge on any atom is 0.341 e. The number of para-hydroxylation sites is 2. The van der Waals surface area contributed by atoms with Gasteiger partial charge in [0.05, 0.1) is 5.69 Å². The van der Waals surface area contributed by atoms with Crippen molar-refractivity contribution in [3.63, 3.8) is 0 Å². The lowest BCUT2D eigenvalue weighted by atomic mass is 10.0. The minimum absolute atomic E-state index is 0.201. The molecule has 0 atom stereocenters. The lowest BCUT2D eigenvalue weighted by Gasteiger charge is -2.21. The molecule has 1 aromatic carbocycles. The summed E-state index contributed by atoms with van der Waals surface area (Å²) in [5.74, 6) is -0.925. The molecule has 0 aliphatic carbocycles. The third kappa shape index (κ3) is 3.36. The maximum absolute atomic E-state index is 12.1. The normalized spacial score (nSPS) is 13.3. The van der Waals surface area contributed by atoms with Gasteiger partial charge >= 0.3 is 5.97 Å². The van der Waals surface area contributed by atoms with Gasteiger partial charge < -0.3 is 20.5 Å². The monoisotopic (exact) mass is 276 g/mol. The lowest BCUT2D eigenvalue weighted by Crippen LogP contribution is -2.36. The number of ether oxygens (including phenoxy) is 1.